The smallest absolute Gasteiger partial charge is 0.117 e. The molecule has 1 heterocycles. The molecule has 0 spiro atoms. The summed E-state index contributed by atoms with van der Waals surface area (Å²) in [5.41, 5.74) is 0. The highest BCUT2D eigenvalue weighted by molar-refractivity contribution is 5.21. The maximum atomic E-state index is 4.17. The van der Waals surface area contributed by atoms with Crippen molar-refractivity contribution in [3.63, 3.8) is 0 Å². The van der Waals surface area contributed by atoms with E-state index in [1.165, 1.54) is 0 Å². The third-order valence-corrected chi connectivity index (χ3v) is 2.20. The topological polar surface area (TPSA) is 28.0 Å². The van der Waals surface area contributed by atoms with Gasteiger partial charge in [0.1, 0.15) is 6.04 Å². The Kier molecular flexibility index (Phi) is 1.71. The lowest BCUT2D eigenvalue weighted by Crippen LogP contribution is -2.37. The molecule has 1 aliphatic heterocycles. The van der Waals surface area contributed by atoms with Crippen molar-refractivity contribution in [1.29, 1.82) is 0 Å². The van der Waals surface area contributed by atoms with Crippen LogP contribution in [0.4, 0.5) is 0 Å². The minimum absolute atomic E-state index is 0.248. The van der Waals surface area contributed by atoms with Crippen LogP contribution in [0.2, 0.25) is 0 Å². The van der Waals surface area contributed by atoms with Gasteiger partial charge in [0.05, 0.1) is 6.04 Å². The fraction of sp³-hybridized carbons (Fsp3) is 0.556. The molecule has 0 aromatic heterocycles. The Morgan fingerprint density at radius 1 is 1.25 bits per heavy atom. The van der Waals surface area contributed by atoms with E-state index in [4.69, 9.17) is 0 Å². The quantitative estimate of drug-likeness (QED) is 0.580. The van der Waals surface area contributed by atoms with Gasteiger partial charge in [0.2, 0.25) is 0 Å². The van der Waals surface area contributed by atoms with E-state index in [-0.39, 0.29) is 6.04 Å². The highest BCUT2D eigenvalue weighted by Crippen LogP contribution is 2.24. The van der Waals surface area contributed by atoms with E-state index >= 15 is 0 Å². The van der Waals surface area contributed by atoms with Crippen LogP contribution in [0.5, 0.6) is 0 Å². The van der Waals surface area contributed by atoms with Gasteiger partial charge in [0.15, 0.2) is 0 Å². The van der Waals surface area contributed by atoms with Crippen molar-refractivity contribution in [3.05, 3.63) is 24.3 Å². The molecule has 0 radical (unpaired) electrons. The monoisotopic (exact) mass is 163 g/mol. The molecule has 2 rings (SSSR count). The Balaban J connectivity index is 2.18. The molecule has 12 heavy (non-hydrogen) atoms. The Hall–Kier alpha value is -1.12. The molecule has 0 aromatic carbocycles. The molecule has 0 fully saturated rings. The van der Waals surface area contributed by atoms with Crippen molar-refractivity contribution in [1.82, 2.24) is 5.01 Å². The third kappa shape index (κ3) is 1.05. The Morgan fingerprint density at radius 3 is 2.75 bits per heavy atom. The second kappa shape index (κ2) is 2.73. The summed E-state index contributed by atoms with van der Waals surface area (Å²) in [6.45, 7) is 4.26. The normalized spacial score (nSPS) is 31.8. The molecule has 2 atom stereocenters. The van der Waals surface area contributed by atoms with Crippen molar-refractivity contribution in [2.75, 3.05) is 0 Å². The number of allylic oxidation sites excluding steroid dienone is 2. The molecule has 0 amide bonds. The third-order valence-electron chi connectivity index (χ3n) is 2.20. The van der Waals surface area contributed by atoms with E-state index in [9.17, 15) is 0 Å². The molecule has 0 aromatic rings. The Morgan fingerprint density at radius 2 is 2.00 bits per heavy atom. The van der Waals surface area contributed by atoms with Gasteiger partial charge in [-0.15, -0.1) is 0 Å². The van der Waals surface area contributed by atoms with Crippen LogP contribution < -0.4 is 0 Å². The summed E-state index contributed by atoms with van der Waals surface area (Å²) in [6.07, 6.45) is 8.35. The van der Waals surface area contributed by atoms with E-state index in [1.54, 1.807) is 0 Å². The minimum Gasteiger partial charge on any atom is -0.267 e. The van der Waals surface area contributed by atoms with Crippen LogP contribution in [0.3, 0.4) is 0 Å². The average Bonchev–Trinajstić information content (AvgIpc) is 2.47. The number of rotatable bonds is 1. The molecule has 1 aliphatic carbocycles. The van der Waals surface area contributed by atoms with Crippen LogP contribution in [0.15, 0.2) is 34.6 Å². The van der Waals surface area contributed by atoms with Gasteiger partial charge in [-0.1, -0.05) is 29.5 Å². The van der Waals surface area contributed by atoms with Gasteiger partial charge in [-0.05, 0) is 13.8 Å². The zero-order valence-corrected chi connectivity index (χ0v) is 7.38. The van der Waals surface area contributed by atoms with Crippen LogP contribution in [0.1, 0.15) is 13.8 Å². The van der Waals surface area contributed by atoms with Crippen LogP contribution in [0.25, 0.3) is 0 Å². The van der Waals surface area contributed by atoms with Crippen LogP contribution in [-0.2, 0) is 0 Å². The predicted octanol–water partition coefficient (Wildman–Crippen LogP) is 1.94. The lowest BCUT2D eigenvalue weighted by molar-refractivity contribution is 0.209. The fourth-order valence-electron chi connectivity index (χ4n) is 1.56. The Bertz CT molecular complexity index is 252. The Labute approximate surface area is 72.4 Å². The lowest BCUT2D eigenvalue weighted by Gasteiger charge is -2.26. The van der Waals surface area contributed by atoms with Gasteiger partial charge in [0.25, 0.3) is 0 Å². The average molecular weight is 163 g/mol. The first-order valence-electron chi connectivity index (χ1n) is 4.33. The summed E-state index contributed by atoms with van der Waals surface area (Å²) in [5.74, 6) is 0. The summed E-state index contributed by atoms with van der Waals surface area (Å²) in [6, 6.07) is 1.03. The van der Waals surface area contributed by atoms with Gasteiger partial charge in [0, 0.05) is 6.04 Å². The molecule has 0 saturated heterocycles. The molecular weight excluding hydrogens is 150 g/mol. The predicted molar refractivity (Wildman–Crippen MR) is 47.7 cm³/mol. The highest BCUT2D eigenvalue weighted by atomic mass is 15.6. The molecule has 2 unspecified atom stereocenters. The second-order valence-corrected chi connectivity index (χ2v) is 3.43. The zero-order valence-electron chi connectivity index (χ0n) is 7.38. The van der Waals surface area contributed by atoms with Crippen molar-refractivity contribution in [3.8, 4) is 0 Å². The van der Waals surface area contributed by atoms with Crippen LogP contribution >= 0.6 is 0 Å². The minimum atomic E-state index is 0.248. The highest BCUT2D eigenvalue weighted by Gasteiger charge is 2.30. The fourth-order valence-corrected chi connectivity index (χ4v) is 1.56. The van der Waals surface area contributed by atoms with Crippen molar-refractivity contribution in [2.24, 2.45) is 10.3 Å². The summed E-state index contributed by atoms with van der Waals surface area (Å²) in [4.78, 5) is 0. The van der Waals surface area contributed by atoms with Crippen molar-refractivity contribution in [2.45, 2.75) is 32.0 Å². The molecular formula is C9H13N3. The molecule has 3 nitrogen and oxygen atoms in total. The molecule has 0 N–H and O–H groups in total. The molecule has 64 valence electrons. The standard InChI is InChI=1S/C9H13N3/c1-7(2)12-9-6-4-3-5-8(9)10-11-12/h3-9H,1-2H3. The van der Waals surface area contributed by atoms with E-state index in [1.807, 2.05) is 11.1 Å². The maximum absolute atomic E-state index is 4.17. The van der Waals surface area contributed by atoms with E-state index in [0.29, 0.717) is 12.1 Å². The van der Waals surface area contributed by atoms with Crippen molar-refractivity contribution < 1.29 is 0 Å². The molecule has 2 aliphatic rings. The van der Waals surface area contributed by atoms with E-state index < -0.39 is 0 Å². The number of fused-ring (bicyclic) bond motifs is 1. The SMILES string of the molecule is CC(C)N1N=NC2C=CC=CC21. The zero-order chi connectivity index (χ0) is 8.55. The first-order chi connectivity index (χ1) is 5.79. The van der Waals surface area contributed by atoms with Gasteiger partial charge in [-0.25, -0.2) is 0 Å². The summed E-state index contributed by atoms with van der Waals surface area (Å²) >= 11 is 0. The van der Waals surface area contributed by atoms with Gasteiger partial charge < -0.3 is 0 Å². The van der Waals surface area contributed by atoms with Crippen LogP contribution in [0, 0.1) is 0 Å². The lowest BCUT2D eigenvalue weighted by atomic mass is 10.0. The van der Waals surface area contributed by atoms with E-state index in [0.717, 1.165) is 0 Å². The summed E-state index contributed by atoms with van der Waals surface area (Å²) in [7, 11) is 0. The van der Waals surface area contributed by atoms with Crippen LogP contribution in [-0.4, -0.2) is 23.1 Å². The van der Waals surface area contributed by atoms with Gasteiger partial charge in [-0.3, -0.25) is 5.01 Å². The number of hydrogen-bond acceptors (Lipinski definition) is 3. The summed E-state index contributed by atoms with van der Waals surface area (Å²) in [5, 5.41) is 10.4. The second-order valence-electron chi connectivity index (χ2n) is 3.43. The first-order valence-corrected chi connectivity index (χ1v) is 4.33. The largest absolute Gasteiger partial charge is 0.267 e. The summed E-state index contributed by atoms with van der Waals surface area (Å²) < 4.78 is 0. The van der Waals surface area contributed by atoms with E-state index in [2.05, 4.69) is 42.4 Å². The number of nitrogens with zero attached hydrogens (tertiary/aromatic N) is 3. The van der Waals surface area contributed by atoms with Gasteiger partial charge in [-0.2, -0.15) is 5.11 Å². The molecule has 3 heteroatoms. The maximum Gasteiger partial charge on any atom is 0.117 e. The molecule has 0 bridgehead atoms. The first kappa shape index (κ1) is 7.53. The molecule has 0 saturated carbocycles. The number of hydrogen-bond donors (Lipinski definition) is 0. The van der Waals surface area contributed by atoms with Gasteiger partial charge >= 0.3 is 0 Å². The van der Waals surface area contributed by atoms with Crippen molar-refractivity contribution >= 4 is 0 Å².